The molecule has 0 aliphatic heterocycles. The highest BCUT2D eigenvalue weighted by Gasteiger charge is 2.06. The Balaban J connectivity index is 2.33. The van der Waals surface area contributed by atoms with Gasteiger partial charge in [-0.15, -0.1) is 0 Å². The van der Waals surface area contributed by atoms with Gasteiger partial charge in [0.2, 0.25) is 0 Å². The fourth-order valence-electron chi connectivity index (χ4n) is 1.79. The van der Waals surface area contributed by atoms with E-state index >= 15 is 0 Å². The van der Waals surface area contributed by atoms with E-state index in [-0.39, 0.29) is 0 Å². The molecule has 0 saturated carbocycles. The first-order valence-electron chi connectivity index (χ1n) is 6.11. The molecule has 0 aromatic heterocycles. The van der Waals surface area contributed by atoms with Crippen LogP contribution < -0.4 is 5.32 Å². The molecule has 1 N–H and O–H groups in total. The molecular formula is C14H23N. The second kappa shape index (κ2) is 7.47. The highest BCUT2D eigenvalue weighted by molar-refractivity contribution is 5.15. The second-order valence-corrected chi connectivity index (χ2v) is 4.17. The second-order valence-electron chi connectivity index (χ2n) is 4.17. The van der Waals surface area contributed by atoms with Crippen molar-refractivity contribution >= 4 is 0 Å². The molecule has 0 fully saturated rings. The first-order chi connectivity index (χ1) is 7.36. The molecule has 0 radical (unpaired) electrons. The summed E-state index contributed by atoms with van der Waals surface area (Å²) in [5, 5.41) is 3.51. The van der Waals surface area contributed by atoms with Crippen LogP contribution in [0.1, 0.15) is 32.3 Å². The van der Waals surface area contributed by atoms with Crippen LogP contribution in [0.15, 0.2) is 30.3 Å². The molecule has 84 valence electrons. The summed E-state index contributed by atoms with van der Waals surface area (Å²) in [5.41, 5.74) is 1.46. The molecule has 1 nitrogen and oxygen atoms in total. The molecule has 1 atom stereocenters. The monoisotopic (exact) mass is 205 g/mol. The topological polar surface area (TPSA) is 12.0 Å². The lowest BCUT2D eigenvalue weighted by molar-refractivity contribution is 0.460. The quantitative estimate of drug-likeness (QED) is 0.674. The summed E-state index contributed by atoms with van der Waals surface area (Å²) < 4.78 is 0. The summed E-state index contributed by atoms with van der Waals surface area (Å²) in [4.78, 5) is 0. The van der Waals surface area contributed by atoms with E-state index in [1.807, 2.05) is 0 Å². The fraction of sp³-hybridized carbons (Fsp3) is 0.571. The molecule has 1 aromatic rings. The highest BCUT2D eigenvalue weighted by Crippen LogP contribution is 2.10. The molecule has 0 saturated heterocycles. The predicted molar refractivity (Wildman–Crippen MR) is 67.1 cm³/mol. The third kappa shape index (κ3) is 4.98. The molecule has 1 rings (SSSR count). The van der Waals surface area contributed by atoms with Crippen LogP contribution in [0.2, 0.25) is 0 Å². The Morgan fingerprint density at radius 2 is 1.87 bits per heavy atom. The zero-order chi connectivity index (χ0) is 10.9. The van der Waals surface area contributed by atoms with Crippen LogP contribution in [0, 0.1) is 5.92 Å². The largest absolute Gasteiger partial charge is 0.316 e. The molecule has 0 bridgehead atoms. The molecule has 0 aliphatic rings. The van der Waals surface area contributed by atoms with Crippen molar-refractivity contribution in [3.8, 4) is 0 Å². The van der Waals surface area contributed by atoms with Gasteiger partial charge in [0, 0.05) is 0 Å². The van der Waals surface area contributed by atoms with Gasteiger partial charge in [-0.25, -0.2) is 0 Å². The number of hydrogen-bond donors (Lipinski definition) is 1. The van der Waals surface area contributed by atoms with Crippen molar-refractivity contribution in [2.45, 2.75) is 33.1 Å². The van der Waals surface area contributed by atoms with Crippen molar-refractivity contribution in [3.63, 3.8) is 0 Å². The first kappa shape index (κ1) is 12.3. The average molecular weight is 205 g/mol. The van der Waals surface area contributed by atoms with E-state index in [0.717, 1.165) is 19.0 Å². The maximum absolute atomic E-state index is 3.51. The molecule has 1 unspecified atom stereocenters. The minimum atomic E-state index is 0.777. The smallest absolute Gasteiger partial charge is 0.00174 e. The normalized spacial score (nSPS) is 12.7. The SMILES string of the molecule is CCCNCC(CC)Cc1ccccc1. The summed E-state index contributed by atoms with van der Waals surface area (Å²) in [6, 6.07) is 10.8. The summed E-state index contributed by atoms with van der Waals surface area (Å²) in [6.07, 6.45) is 3.68. The lowest BCUT2D eigenvalue weighted by Crippen LogP contribution is -2.24. The van der Waals surface area contributed by atoms with Gasteiger partial charge in [-0.05, 0) is 37.4 Å². The van der Waals surface area contributed by atoms with E-state index in [9.17, 15) is 0 Å². The van der Waals surface area contributed by atoms with Crippen LogP contribution in [-0.2, 0) is 6.42 Å². The van der Waals surface area contributed by atoms with Crippen molar-refractivity contribution < 1.29 is 0 Å². The van der Waals surface area contributed by atoms with Crippen molar-refractivity contribution in [1.82, 2.24) is 5.32 Å². The fourth-order valence-corrected chi connectivity index (χ4v) is 1.79. The van der Waals surface area contributed by atoms with Crippen LogP contribution in [0.3, 0.4) is 0 Å². The Hall–Kier alpha value is -0.820. The van der Waals surface area contributed by atoms with Crippen molar-refractivity contribution in [1.29, 1.82) is 0 Å². The Labute approximate surface area is 93.9 Å². The predicted octanol–water partition coefficient (Wildman–Crippen LogP) is 3.25. The van der Waals surface area contributed by atoms with Crippen molar-refractivity contribution in [2.24, 2.45) is 5.92 Å². The van der Waals surface area contributed by atoms with Gasteiger partial charge >= 0.3 is 0 Å². The average Bonchev–Trinajstić information content (AvgIpc) is 2.29. The zero-order valence-electron chi connectivity index (χ0n) is 10.00. The van der Waals surface area contributed by atoms with Gasteiger partial charge in [0.25, 0.3) is 0 Å². The maximum atomic E-state index is 3.51. The van der Waals surface area contributed by atoms with Crippen LogP contribution >= 0.6 is 0 Å². The Morgan fingerprint density at radius 3 is 2.47 bits per heavy atom. The lowest BCUT2D eigenvalue weighted by Gasteiger charge is -2.15. The minimum absolute atomic E-state index is 0.777. The van der Waals surface area contributed by atoms with E-state index in [2.05, 4.69) is 49.5 Å². The summed E-state index contributed by atoms with van der Waals surface area (Å²) in [7, 11) is 0. The van der Waals surface area contributed by atoms with Crippen LogP contribution in [0.25, 0.3) is 0 Å². The summed E-state index contributed by atoms with van der Waals surface area (Å²) >= 11 is 0. The molecule has 0 aliphatic carbocycles. The van der Waals surface area contributed by atoms with Crippen LogP contribution in [0.4, 0.5) is 0 Å². The van der Waals surface area contributed by atoms with E-state index in [1.54, 1.807) is 0 Å². The number of hydrogen-bond acceptors (Lipinski definition) is 1. The lowest BCUT2D eigenvalue weighted by atomic mass is 9.97. The first-order valence-corrected chi connectivity index (χ1v) is 6.11. The van der Waals surface area contributed by atoms with E-state index in [4.69, 9.17) is 0 Å². The molecule has 0 heterocycles. The maximum Gasteiger partial charge on any atom is -0.00174 e. The minimum Gasteiger partial charge on any atom is -0.316 e. The third-order valence-corrected chi connectivity index (χ3v) is 2.80. The molecular weight excluding hydrogens is 182 g/mol. The summed E-state index contributed by atoms with van der Waals surface area (Å²) in [6.45, 7) is 6.79. The third-order valence-electron chi connectivity index (χ3n) is 2.80. The molecule has 1 aromatic carbocycles. The van der Waals surface area contributed by atoms with E-state index in [1.165, 1.54) is 24.8 Å². The Kier molecular flexibility index (Phi) is 6.10. The number of benzene rings is 1. The van der Waals surface area contributed by atoms with Gasteiger partial charge in [-0.3, -0.25) is 0 Å². The van der Waals surface area contributed by atoms with Gasteiger partial charge in [-0.2, -0.15) is 0 Å². The van der Waals surface area contributed by atoms with Gasteiger partial charge in [0.05, 0.1) is 0 Å². The Bertz CT molecular complexity index is 243. The van der Waals surface area contributed by atoms with Crippen LogP contribution in [-0.4, -0.2) is 13.1 Å². The van der Waals surface area contributed by atoms with Gasteiger partial charge in [0.15, 0.2) is 0 Å². The van der Waals surface area contributed by atoms with Gasteiger partial charge in [0.1, 0.15) is 0 Å². The van der Waals surface area contributed by atoms with Gasteiger partial charge < -0.3 is 5.32 Å². The summed E-state index contributed by atoms with van der Waals surface area (Å²) in [5.74, 6) is 0.777. The van der Waals surface area contributed by atoms with Crippen molar-refractivity contribution in [2.75, 3.05) is 13.1 Å². The highest BCUT2D eigenvalue weighted by atomic mass is 14.8. The number of nitrogens with one attached hydrogen (secondary N) is 1. The molecule has 0 spiro atoms. The Morgan fingerprint density at radius 1 is 1.13 bits per heavy atom. The van der Waals surface area contributed by atoms with E-state index < -0.39 is 0 Å². The zero-order valence-corrected chi connectivity index (χ0v) is 10.00. The molecule has 0 amide bonds. The van der Waals surface area contributed by atoms with Gasteiger partial charge in [-0.1, -0.05) is 50.6 Å². The molecule has 15 heavy (non-hydrogen) atoms. The standard InChI is InChI=1S/C14H23N/c1-3-10-15-12-13(4-2)11-14-8-6-5-7-9-14/h5-9,13,15H,3-4,10-12H2,1-2H3. The van der Waals surface area contributed by atoms with Crippen molar-refractivity contribution in [3.05, 3.63) is 35.9 Å². The number of rotatable bonds is 7. The van der Waals surface area contributed by atoms with Crippen LogP contribution in [0.5, 0.6) is 0 Å². The van der Waals surface area contributed by atoms with E-state index in [0.29, 0.717) is 0 Å². The molecule has 1 heteroatoms.